The third-order valence-corrected chi connectivity index (χ3v) is 4.25. The number of esters is 1. The van der Waals surface area contributed by atoms with Crippen molar-refractivity contribution in [2.75, 3.05) is 11.4 Å². The van der Waals surface area contributed by atoms with Crippen LogP contribution in [-0.2, 0) is 16.0 Å². The highest BCUT2D eigenvalue weighted by molar-refractivity contribution is 6.10. The number of carbonyl (C=O) groups excluding carboxylic acids is 2. The molecular formula is C19H15NO3. The summed E-state index contributed by atoms with van der Waals surface area (Å²) in [7, 11) is 0. The summed E-state index contributed by atoms with van der Waals surface area (Å²) >= 11 is 0. The molecule has 0 radical (unpaired) electrons. The Bertz CT molecular complexity index is 838. The van der Waals surface area contributed by atoms with Gasteiger partial charge in [-0.05, 0) is 30.5 Å². The average molecular weight is 305 g/mol. The van der Waals surface area contributed by atoms with Gasteiger partial charge in [0.2, 0.25) is 0 Å². The lowest BCUT2D eigenvalue weighted by atomic mass is 10.0. The van der Waals surface area contributed by atoms with Gasteiger partial charge in [-0.25, -0.2) is 4.79 Å². The zero-order valence-electron chi connectivity index (χ0n) is 12.5. The molecule has 4 rings (SSSR count). The van der Waals surface area contributed by atoms with Crippen molar-refractivity contribution in [3.8, 4) is 0 Å². The fourth-order valence-corrected chi connectivity index (χ4v) is 3.15. The summed E-state index contributed by atoms with van der Waals surface area (Å²) in [6.07, 6.45) is 3.34. The molecule has 0 aliphatic carbocycles. The molecule has 114 valence electrons. The SMILES string of the molecule is O=C1O/C(=C/C(=O)N2CCCc3ccccc32)c2ccccc21. The molecule has 1 amide bonds. The molecule has 0 fully saturated rings. The number of amides is 1. The molecule has 0 spiro atoms. The molecule has 0 saturated carbocycles. The number of para-hydroxylation sites is 1. The number of cyclic esters (lactones) is 1. The lowest BCUT2D eigenvalue weighted by molar-refractivity contribution is -0.114. The normalized spacial score (nSPS) is 17.7. The van der Waals surface area contributed by atoms with E-state index >= 15 is 0 Å². The Hall–Kier alpha value is -2.88. The molecule has 0 bridgehead atoms. The van der Waals surface area contributed by atoms with Crippen molar-refractivity contribution in [1.82, 2.24) is 0 Å². The summed E-state index contributed by atoms with van der Waals surface area (Å²) in [5.74, 6) is -0.228. The van der Waals surface area contributed by atoms with E-state index in [0.717, 1.165) is 18.5 Å². The highest BCUT2D eigenvalue weighted by Gasteiger charge is 2.28. The number of hydrogen-bond donors (Lipinski definition) is 0. The second kappa shape index (κ2) is 5.39. The van der Waals surface area contributed by atoms with Gasteiger partial charge in [0.15, 0.2) is 0 Å². The third-order valence-electron chi connectivity index (χ3n) is 4.25. The molecule has 4 heteroatoms. The predicted octanol–water partition coefficient (Wildman–Crippen LogP) is 3.18. The van der Waals surface area contributed by atoms with Gasteiger partial charge >= 0.3 is 5.97 Å². The van der Waals surface area contributed by atoms with Gasteiger partial charge in [0.05, 0.1) is 5.56 Å². The number of anilines is 1. The largest absolute Gasteiger partial charge is 0.422 e. The van der Waals surface area contributed by atoms with Crippen molar-refractivity contribution in [3.63, 3.8) is 0 Å². The molecule has 2 aromatic rings. The van der Waals surface area contributed by atoms with E-state index in [2.05, 4.69) is 0 Å². The summed E-state index contributed by atoms with van der Waals surface area (Å²) in [5, 5.41) is 0. The Morgan fingerprint density at radius 2 is 1.78 bits per heavy atom. The number of aryl methyl sites for hydroxylation is 1. The minimum Gasteiger partial charge on any atom is -0.422 e. The number of carbonyl (C=O) groups is 2. The molecule has 23 heavy (non-hydrogen) atoms. The van der Waals surface area contributed by atoms with E-state index in [4.69, 9.17) is 4.74 Å². The summed E-state index contributed by atoms with van der Waals surface area (Å²) in [6, 6.07) is 15.0. The molecule has 2 heterocycles. The van der Waals surface area contributed by atoms with Crippen LogP contribution in [0, 0.1) is 0 Å². The second-order valence-electron chi connectivity index (χ2n) is 5.67. The molecule has 4 nitrogen and oxygen atoms in total. The van der Waals surface area contributed by atoms with Gasteiger partial charge in [0.1, 0.15) is 5.76 Å². The second-order valence-corrected chi connectivity index (χ2v) is 5.67. The Morgan fingerprint density at radius 3 is 2.65 bits per heavy atom. The van der Waals surface area contributed by atoms with Crippen LogP contribution < -0.4 is 4.90 Å². The van der Waals surface area contributed by atoms with E-state index in [9.17, 15) is 9.59 Å². The maximum atomic E-state index is 12.7. The van der Waals surface area contributed by atoms with E-state index in [0.29, 0.717) is 23.4 Å². The van der Waals surface area contributed by atoms with Crippen LogP contribution in [0.3, 0.4) is 0 Å². The van der Waals surface area contributed by atoms with Gasteiger partial charge in [-0.3, -0.25) is 4.79 Å². The molecule has 0 saturated heterocycles. The first-order chi connectivity index (χ1) is 11.2. The van der Waals surface area contributed by atoms with Gasteiger partial charge < -0.3 is 9.64 Å². The van der Waals surface area contributed by atoms with Crippen molar-refractivity contribution < 1.29 is 14.3 Å². The lowest BCUT2D eigenvalue weighted by Gasteiger charge is -2.28. The number of rotatable bonds is 1. The van der Waals surface area contributed by atoms with Crippen LogP contribution >= 0.6 is 0 Å². The number of ether oxygens (including phenoxy) is 1. The summed E-state index contributed by atoms with van der Waals surface area (Å²) in [4.78, 5) is 26.3. The maximum Gasteiger partial charge on any atom is 0.344 e. The Morgan fingerprint density at radius 1 is 1.04 bits per heavy atom. The van der Waals surface area contributed by atoms with Gasteiger partial charge in [0.25, 0.3) is 5.91 Å². The fraction of sp³-hybridized carbons (Fsp3) is 0.158. The summed E-state index contributed by atoms with van der Waals surface area (Å²) in [6.45, 7) is 0.676. The van der Waals surface area contributed by atoms with Crippen LogP contribution in [0.25, 0.3) is 5.76 Å². The first kappa shape index (κ1) is 13.8. The van der Waals surface area contributed by atoms with Crippen LogP contribution in [0.1, 0.15) is 27.9 Å². The quantitative estimate of drug-likeness (QED) is 0.600. The first-order valence-electron chi connectivity index (χ1n) is 7.67. The molecule has 2 aliphatic rings. The van der Waals surface area contributed by atoms with Crippen LogP contribution in [0.15, 0.2) is 54.6 Å². The highest BCUT2D eigenvalue weighted by Crippen LogP contribution is 2.31. The van der Waals surface area contributed by atoms with Crippen molar-refractivity contribution in [2.45, 2.75) is 12.8 Å². The van der Waals surface area contributed by atoms with Crippen molar-refractivity contribution in [3.05, 3.63) is 71.3 Å². The van der Waals surface area contributed by atoms with Gasteiger partial charge in [-0.15, -0.1) is 0 Å². The highest BCUT2D eigenvalue weighted by atomic mass is 16.5. The third kappa shape index (κ3) is 2.32. The van der Waals surface area contributed by atoms with E-state index in [-0.39, 0.29) is 5.91 Å². The minimum absolute atomic E-state index is 0.156. The van der Waals surface area contributed by atoms with E-state index in [1.54, 1.807) is 23.1 Å². The van der Waals surface area contributed by atoms with Crippen molar-refractivity contribution in [1.29, 1.82) is 0 Å². The van der Waals surface area contributed by atoms with Crippen molar-refractivity contribution >= 4 is 23.3 Å². The lowest BCUT2D eigenvalue weighted by Crippen LogP contribution is -2.34. The zero-order chi connectivity index (χ0) is 15.8. The summed E-state index contributed by atoms with van der Waals surface area (Å²) in [5.41, 5.74) is 3.30. The average Bonchev–Trinajstić information content (AvgIpc) is 2.91. The molecular weight excluding hydrogens is 290 g/mol. The fourth-order valence-electron chi connectivity index (χ4n) is 3.15. The molecule has 0 aromatic heterocycles. The smallest absolute Gasteiger partial charge is 0.344 e. The Kier molecular flexibility index (Phi) is 3.23. The van der Waals surface area contributed by atoms with E-state index in [1.165, 1.54) is 11.6 Å². The van der Waals surface area contributed by atoms with Gasteiger partial charge in [-0.2, -0.15) is 0 Å². The number of fused-ring (bicyclic) bond motifs is 2. The van der Waals surface area contributed by atoms with E-state index in [1.807, 2.05) is 30.3 Å². The van der Waals surface area contributed by atoms with Crippen LogP contribution in [0.2, 0.25) is 0 Å². The molecule has 0 unspecified atom stereocenters. The number of benzene rings is 2. The molecule has 2 aliphatic heterocycles. The summed E-state index contributed by atoms with van der Waals surface area (Å²) < 4.78 is 5.26. The van der Waals surface area contributed by atoms with Gasteiger partial charge in [-0.1, -0.05) is 36.4 Å². The number of hydrogen-bond acceptors (Lipinski definition) is 3. The van der Waals surface area contributed by atoms with Crippen LogP contribution in [0.5, 0.6) is 0 Å². The Labute approximate surface area is 134 Å². The zero-order valence-corrected chi connectivity index (χ0v) is 12.5. The van der Waals surface area contributed by atoms with Crippen LogP contribution in [0.4, 0.5) is 5.69 Å². The standard InChI is InChI=1S/C19H15NO3/c21-18(20-11-5-7-13-6-1-4-10-16(13)20)12-17-14-8-2-3-9-15(14)19(22)23-17/h1-4,6,8-10,12H,5,7,11H2/b17-12+. The molecule has 2 aromatic carbocycles. The molecule has 0 N–H and O–H groups in total. The van der Waals surface area contributed by atoms with E-state index < -0.39 is 5.97 Å². The van der Waals surface area contributed by atoms with Crippen LogP contribution in [-0.4, -0.2) is 18.4 Å². The molecule has 0 atom stereocenters. The maximum absolute atomic E-state index is 12.7. The topological polar surface area (TPSA) is 46.6 Å². The Balaban J connectivity index is 1.69. The minimum atomic E-state index is -0.404. The van der Waals surface area contributed by atoms with Crippen molar-refractivity contribution in [2.24, 2.45) is 0 Å². The number of nitrogens with zero attached hydrogens (tertiary/aromatic N) is 1. The van der Waals surface area contributed by atoms with Gasteiger partial charge in [0, 0.05) is 23.9 Å². The monoisotopic (exact) mass is 305 g/mol. The first-order valence-corrected chi connectivity index (χ1v) is 7.67. The predicted molar refractivity (Wildman–Crippen MR) is 87.0 cm³/mol.